The summed E-state index contributed by atoms with van der Waals surface area (Å²) >= 11 is 0. The van der Waals surface area contributed by atoms with Gasteiger partial charge in [0.2, 0.25) is 0 Å². The van der Waals surface area contributed by atoms with Gasteiger partial charge in [0, 0.05) is 18.5 Å². The maximum absolute atomic E-state index is 11.1. The van der Waals surface area contributed by atoms with Gasteiger partial charge in [0.15, 0.2) is 0 Å². The first-order valence-electron chi connectivity index (χ1n) is 6.70. The second kappa shape index (κ2) is 6.86. The summed E-state index contributed by atoms with van der Waals surface area (Å²) in [7, 11) is 0. The van der Waals surface area contributed by atoms with Crippen molar-refractivity contribution in [3.63, 3.8) is 0 Å². The lowest BCUT2D eigenvalue weighted by atomic mass is 10.1. The number of aromatic carboxylic acids is 1. The van der Waals surface area contributed by atoms with Gasteiger partial charge in [-0.05, 0) is 43.5 Å². The molecule has 106 valence electrons. The largest absolute Gasteiger partial charge is 0.478 e. The fourth-order valence-corrected chi connectivity index (χ4v) is 2.07. The molecular weight excluding hydrogens is 256 g/mol. The Labute approximate surface area is 117 Å². The van der Waals surface area contributed by atoms with Crippen molar-refractivity contribution in [3.8, 4) is 0 Å². The number of carboxylic acids is 1. The highest BCUT2D eigenvalue weighted by Crippen LogP contribution is 2.19. The summed E-state index contributed by atoms with van der Waals surface area (Å²) in [6.45, 7) is 1.02. The number of carboxylic acid groups (broad SMARTS) is 1. The van der Waals surface area contributed by atoms with Crippen molar-refractivity contribution in [2.45, 2.75) is 19.3 Å². The van der Waals surface area contributed by atoms with E-state index in [9.17, 15) is 4.79 Å². The average Bonchev–Trinajstić information content (AvgIpc) is 2.46. The lowest BCUT2D eigenvalue weighted by Gasteiger charge is -2.07. The number of anilines is 1. The number of unbranched alkanes of at least 4 members (excludes halogenated alkanes) is 2. The zero-order valence-corrected chi connectivity index (χ0v) is 11.2. The van der Waals surface area contributed by atoms with Gasteiger partial charge in [0.25, 0.3) is 0 Å². The predicted molar refractivity (Wildman–Crippen MR) is 78.1 cm³/mol. The van der Waals surface area contributed by atoms with Gasteiger partial charge in [0.05, 0.1) is 11.1 Å². The summed E-state index contributed by atoms with van der Waals surface area (Å²) in [6.07, 6.45) is 2.75. The number of nitrogens with zero attached hydrogens (tertiary/aromatic N) is 1. The van der Waals surface area contributed by atoms with Crippen molar-refractivity contribution in [1.29, 1.82) is 0 Å². The van der Waals surface area contributed by atoms with E-state index < -0.39 is 5.97 Å². The van der Waals surface area contributed by atoms with E-state index in [0.717, 1.165) is 31.6 Å². The molecule has 3 N–H and O–H groups in total. The van der Waals surface area contributed by atoms with Crippen LogP contribution in [-0.2, 0) is 0 Å². The zero-order valence-electron chi connectivity index (χ0n) is 11.2. The first kappa shape index (κ1) is 14.3. The number of hydrogen-bond donors (Lipinski definition) is 3. The number of aliphatic hydroxyl groups excluding tert-OH is 1. The molecule has 1 aromatic carbocycles. The van der Waals surface area contributed by atoms with Crippen LogP contribution in [0.25, 0.3) is 10.9 Å². The number of fused-ring (bicyclic) bond motifs is 1. The van der Waals surface area contributed by atoms with Crippen molar-refractivity contribution >= 4 is 22.7 Å². The van der Waals surface area contributed by atoms with E-state index in [1.165, 1.54) is 0 Å². The number of pyridine rings is 1. The third-order valence-electron chi connectivity index (χ3n) is 3.10. The van der Waals surface area contributed by atoms with Crippen molar-refractivity contribution < 1.29 is 15.0 Å². The molecule has 0 spiro atoms. The van der Waals surface area contributed by atoms with Gasteiger partial charge in [0.1, 0.15) is 5.82 Å². The summed E-state index contributed by atoms with van der Waals surface area (Å²) < 4.78 is 0. The normalized spacial score (nSPS) is 10.7. The number of aromatic nitrogens is 1. The Balaban J connectivity index is 2.08. The Bertz CT molecular complexity index is 599. The van der Waals surface area contributed by atoms with Crippen molar-refractivity contribution in [2.24, 2.45) is 0 Å². The van der Waals surface area contributed by atoms with E-state index in [0.29, 0.717) is 10.9 Å². The van der Waals surface area contributed by atoms with Gasteiger partial charge in [-0.15, -0.1) is 0 Å². The summed E-state index contributed by atoms with van der Waals surface area (Å²) in [4.78, 5) is 15.5. The molecule has 5 nitrogen and oxygen atoms in total. The third-order valence-corrected chi connectivity index (χ3v) is 3.10. The standard InChI is InChI=1S/C15H18N2O3/c18-10-3-1-2-9-16-14-8-7-11-12(15(19)20)5-4-6-13(11)17-14/h4-8,18H,1-3,9-10H2,(H,16,17)(H,19,20). The SMILES string of the molecule is O=C(O)c1cccc2nc(NCCCCCO)ccc12. The maximum atomic E-state index is 11.1. The Kier molecular flexibility index (Phi) is 4.90. The van der Waals surface area contributed by atoms with Gasteiger partial charge in [-0.3, -0.25) is 0 Å². The molecule has 0 fully saturated rings. The van der Waals surface area contributed by atoms with Crippen LogP contribution in [0.4, 0.5) is 5.82 Å². The molecule has 1 heterocycles. The van der Waals surface area contributed by atoms with Crippen molar-refractivity contribution in [3.05, 3.63) is 35.9 Å². The summed E-state index contributed by atoms with van der Waals surface area (Å²) in [5, 5.41) is 21.7. The first-order chi connectivity index (χ1) is 9.72. The highest BCUT2D eigenvalue weighted by molar-refractivity contribution is 6.02. The van der Waals surface area contributed by atoms with Crippen LogP contribution in [0.5, 0.6) is 0 Å². The van der Waals surface area contributed by atoms with E-state index >= 15 is 0 Å². The first-order valence-corrected chi connectivity index (χ1v) is 6.70. The Hall–Kier alpha value is -2.14. The smallest absolute Gasteiger partial charge is 0.336 e. The monoisotopic (exact) mass is 274 g/mol. The van der Waals surface area contributed by atoms with Crippen LogP contribution in [0.3, 0.4) is 0 Å². The number of benzene rings is 1. The van der Waals surface area contributed by atoms with Crippen LogP contribution in [-0.4, -0.2) is 34.3 Å². The molecule has 2 aromatic rings. The minimum absolute atomic E-state index is 0.228. The van der Waals surface area contributed by atoms with Gasteiger partial charge in [-0.2, -0.15) is 0 Å². The number of rotatable bonds is 7. The van der Waals surface area contributed by atoms with E-state index in [4.69, 9.17) is 10.2 Å². The van der Waals surface area contributed by atoms with E-state index in [2.05, 4.69) is 10.3 Å². The van der Waals surface area contributed by atoms with Crippen molar-refractivity contribution in [1.82, 2.24) is 4.98 Å². The fraction of sp³-hybridized carbons (Fsp3) is 0.333. The van der Waals surface area contributed by atoms with Crippen LogP contribution in [0.2, 0.25) is 0 Å². The summed E-state index contributed by atoms with van der Waals surface area (Å²) in [5.41, 5.74) is 0.940. The van der Waals surface area contributed by atoms with Crippen LogP contribution in [0.1, 0.15) is 29.6 Å². The molecule has 0 radical (unpaired) electrons. The second-order valence-electron chi connectivity index (χ2n) is 4.58. The molecule has 0 aliphatic heterocycles. The molecular formula is C15H18N2O3. The molecule has 0 unspecified atom stereocenters. The van der Waals surface area contributed by atoms with Gasteiger partial charge in [-0.1, -0.05) is 6.07 Å². The van der Waals surface area contributed by atoms with Crippen LogP contribution in [0, 0.1) is 0 Å². The number of nitrogens with one attached hydrogen (secondary N) is 1. The molecule has 0 aliphatic carbocycles. The Morgan fingerprint density at radius 2 is 2.00 bits per heavy atom. The molecule has 0 aliphatic rings. The number of hydrogen-bond acceptors (Lipinski definition) is 4. The third kappa shape index (κ3) is 3.45. The van der Waals surface area contributed by atoms with Crippen molar-refractivity contribution in [2.75, 3.05) is 18.5 Å². The second-order valence-corrected chi connectivity index (χ2v) is 4.58. The molecule has 0 bridgehead atoms. The molecule has 5 heteroatoms. The molecule has 0 saturated carbocycles. The van der Waals surface area contributed by atoms with E-state index in [1.807, 2.05) is 0 Å². The minimum atomic E-state index is -0.942. The Morgan fingerprint density at radius 1 is 1.15 bits per heavy atom. The van der Waals surface area contributed by atoms with Gasteiger partial charge in [-0.25, -0.2) is 9.78 Å². The highest BCUT2D eigenvalue weighted by Gasteiger charge is 2.08. The van der Waals surface area contributed by atoms with Crippen LogP contribution in [0.15, 0.2) is 30.3 Å². The topological polar surface area (TPSA) is 82.5 Å². The number of aliphatic hydroxyl groups is 1. The van der Waals surface area contributed by atoms with Crippen LogP contribution < -0.4 is 5.32 Å². The molecule has 0 amide bonds. The lowest BCUT2D eigenvalue weighted by molar-refractivity contribution is 0.0699. The van der Waals surface area contributed by atoms with E-state index in [1.54, 1.807) is 30.3 Å². The quantitative estimate of drug-likeness (QED) is 0.676. The molecule has 1 aromatic heterocycles. The molecule has 0 atom stereocenters. The van der Waals surface area contributed by atoms with Crippen LogP contribution >= 0.6 is 0 Å². The fourth-order valence-electron chi connectivity index (χ4n) is 2.07. The highest BCUT2D eigenvalue weighted by atomic mass is 16.4. The summed E-state index contributed by atoms with van der Waals surface area (Å²) in [6, 6.07) is 8.65. The molecule has 2 rings (SSSR count). The lowest BCUT2D eigenvalue weighted by Crippen LogP contribution is -2.04. The Morgan fingerprint density at radius 3 is 2.75 bits per heavy atom. The van der Waals surface area contributed by atoms with Gasteiger partial charge >= 0.3 is 5.97 Å². The maximum Gasteiger partial charge on any atom is 0.336 e. The predicted octanol–water partition coefficient (Wildman–Crippen LogP) is 2.51. The summed E-state index contributed by atoms with van der Waals surface area (Å²) in [5.74, 6) is -0.203. The molecule has 20 heavy (non-hydrogen) atoms. The van der Waals surface area contributed by atoms with E-state index in [-0.39, 0.29) is 12.2 Å². The number of carbonyl (C=O) groups is 1. The minimum Gasteiger partial charge on any atom is -0.478 e. The van der Waals surface area contributed by atoms with Gasteiger partial charge < -0.3 is 15.5 Å². The molecule has 0 saturated heterocycles. The zero-order chi connectivity index (χ0) is 14.4. The average molecular weight is 274 g/mol.